The van der Waals surface area contributed by atoms with Crippen LogP contribution < -0.4 is 5.32 Å². The molecule has 0 heterocycles. The summed E-state index contributed by atoms with van der Waals surface area (Å²) < 4.78 is 5.94. The Morgan fingerprint density at radius 1 is 1.29 bits per heavy atom. The molecule has 1 aliphatic carbocycles. The van der Waals surface area contributed by atoms with Gasteiger partial charge in [-0.25, -0.2) is 0 Å². The van der Waals surface area contributed by atoms with Crippen LogP contribution in [-0.2, 0) is 9.53 Å². The maximum absolute atomic E-state index is 11.9. The Hall–Kier alpha value is -1.35. The molecule has 1 saturated carbocycles. The second kappa shape index (κ2) is 5.82. The molecular weight excluding hydrogens is 214 g/mol. The van der Waals surface area contributed by atoms with E-state index in [1.54, 1.807) is 7.05 Å². The summed E-state index contributed by atoms with van der Waals surface area (Å²) in [5.41, 5.74) is 0.929. The van der Waals surface area contributed by atoms with Crippen molar-refractivity contribution < 1.29 is 9.53 Å². The third-order valence-corrected chi connectivity index (χ3v) is 3.22. The minimum atomic E-state index is -0.468. The fourth-order valence-corrected chi connectivity index (χ4v) is 2.27. The van der Waals surface area contributed by atoms with Gasteiger partial charge in [0, 0.05) is 7.05 Å². The molecule has 0 radical (unpaired) electrons. The van der Waals surface area contributed by atoms with Crippen LogP contribution in [0.3, 0.4) is 0 Å². The first-order chi connectivity index (χ1) is 8.31. The molecule has 1 unspecified atom stereocenters. The predicted octanol–water partition coefficient (Wildman–Crippen LogP) is 2.43. The van der Waals surface area contributed by atoms with Gasteiger partial charge in [-0.05, 0) is 18.4 Å². The van der Waals surface area contributed by atoms with E-state index in [1.807, 2.05) is 30.3 Å². The van der Waals surface area contributed by atoms with Crippen LogP contribution in [0.1, 0.15) is 37.4 Å². The van der Waals surface area contributed by atoms with Gasteiger partial charge in [0.15, 0.2) is 6.10 Å². The van der Waals surface area contributed by atoms with Crippen LogP contribution in [0.2, 0.25) is 0 Å². The van der Waals surface area contributed by atoms with E-state index in [9.17, 15) is 4.79 Å². The Morgan fingerprint density at radius 3 is 2.53 bits per heavy atom. The van der Waals surface area contributed by atoms with E-state index in [1.165, 1.54) is 12.8 Å². The molecule has 3 nitrogen and oxygen atoms in total. The van der Waals surface area contributed by atoms with E-state index in [2.05, 4.69) is 5.32 Å². The maximum Gasteiger partial charge on any atom is 0.253 e. The molecule has 0 aliphatic heterocycles. The second-order valence-corrected chi connectivity index (χ2v) is 4.45. The zero-order valence-corrected chi connectivity index (χ0v) is 10.2. The highest BCUT2D eigenvalue weighted by Gasteiger charge is 2.26. The lowest BCUT2D eigenvalue weighted by Crippen LogP contribution is -2.30. The first-order valence-corrected chi connectivity index (χ1v) is 6.23. The van der Waals surface area contributed by atoms with Gasteiger partial charge in [0.05, 0.1) is 6.10 Å². The summed E-state index contributed by atoms with van der Waals surface area (Å²) in [7, 11) is 1.65. The van der Waals surface area contributed by atoms with Gasteiger partial charge in [0.2, 0.25) is 0 Å². The van der Waals surface area contributed by atoms with Crippen molar-refractivity contribution in [3.8, 4) is 0 Å². The zero-order valence-electron chi connectivity index (χ0n) is 10.2. The number of ether oxygens (including phenoxy) is 1. The molecule has 0 spiro atoms. The molecule has 0 saturated heterocycles. The van der Waals surface area contributed by atoms with Gasteiger partial charge in [-0.2, -0.15) is 0 Å². The standard InChI is InChI=1S/C14H19NO2/c1-15-14(16)13(11-7-3-2-4-8-11)17-12-9-5-6-10-12/h2-4,7-8,12-13H,5-6,9-10H2,1H3,(H,15,16). The minimum absolute atomic E-state index is 0.0666. The Balaban J connectivity index is 2.10. The largest absolute Gasteiger partial charge is 0.360 e. The Kier molecular flexibility index (Phi) is 4.15. The number of hydrogen-bond donors (Lipinski definition) is 1. The number of nitrogens with one attached hydrogen (secondary N) is 1. The molecule has 2 rings (SSSR count). The van der Waals surface area contributed by atoms with Crippen LogP contribution in [0.4, 0.5) is 0 Å². The number of carbonyl (C=O) groups is 1. The monoisotopic (exact) mass is 233 g/mol. The van der Waals surface area contributed by atoms with Gasteiger partial charge in [0.1, 0.15) is 0 Å². The van der Waals surface area contributed by atoms with E-state index < -0.39 is 6.10 Å². The predicted molar refractivity (Wildman–Crippen MR) is 66.6 cm³/mol. The molecule has 0 bridgehead atoms. The highest BCUT2D eigenvalue weighted by Crippen LogP contribution is 2.27. The van der Waals surface area contributed by atoms with Gasteiger partial charge in [-0.1, -0.05) is 43.2 Å². The second-order valence-electron chi connectivity index (χ2n) is 4.45. The number of rotatable bonds is 4. The summed E-state index contributed by atoms with van der Waals surface area (Å²) in [4.78, 5) is 11.9. The fraction of sp³-hybridized carbons (Fsp3) is 0.500. The fourth-order valence-electron chi connectivity index (χ4n) is 2.27. The summed E-state index contributed by atoms with van der Waals surface area (Å²) in [6.07, 6.45) is 4.32. The summed E-state index contributed by atoms with van der Waals surface area (Å²) >= 11 is 0. The van der Waals surface area contributed by atoms with Gasteiger partial charge >= 0.3 is 0 Å². The maximum atomic E-state index is 11.9. The van der Waals surface area contributed by atoms with Crippen LogP contribution in [0.5, 0.6) is 0 Å². The quantitative estimate of drug-likeness (QED) is 0.867. The number of benzene rings is 1. The van der Waals surface area contributed by atoms with Crippen LogP contribution in [-0.4, -0.2) is 19.1 Å². The Labute approximate surface area is 102 Å². The number of carbonyl (C=O) groups excluding carboxylic acids is 1. The van der Waals surface area contributed by atoms with E-state index in [4.69, 9.17) is 4.74 Å². The van der Waals surface area contributed by atoms with Gasteiger partial charge < -0.3 is 10.1 Å². The molecule has 1 amide bonds. The van der Waals surface area contributed by atoms with Crippen molar-refractivity contribution in [1.82, 2.24) is 5.32 Å². The molecule has 1 N–H and O–H groups in total. The molecule has 1 aromatic rings. The van der Waals surface area contributed by atoms with Crippen molar-refractivity contribution in [3.05, 3.63) is 35.9 Å². The third-order valence-electron chi connectivity index (χ3n) is 3.22. The van der Waals surface area contributed by atoms with Gasteiger partial charge in [-0.3, -0.25) is 4.79 Å². The summed E-state index contributed by atoms with van der Waals surface area (Å²) in [5.74, 6) is -0.0666. The van der Waals surface area contributed by atoms with Crippen LogP contribution in [0.25, 0.3) is 0 Å². The molecule has 1 aliphatic rings. The minimum Gasteiger partial charge on any atom is -0.360 e. The highest BCUT2D eigenvalue weighted by atomic mass is 16.5. The molecule has 1 fully saturated rings. The van der Waals surface area contributed by atoms with Crippen LogP contribution in [0, 0.1) is 0 Å². The van der Waals surface area contributed by atoms with Crippen molar-refractivity contribution in [2.45, 2.75) is 37.9 Å². The molecule has 1 atom stereocenters. The Morgan fingerprint density at radius 2 is 1.94 bits per heavy atom. The lowest BCUT2D eigenvalue weighted by molar-refractivity contribution is -0.136. The third kappa shape index (κ3) is 3.07. The highest BCUT2D eigenvalue weighted by molar-refractivity contribution is 5.81. The van der Waals surface area contributed by atoms with Crippen LogP contribution in [0.15, 0.2) is 30.3 Å². The van der Waals surface area contributed by atoms with E-state index in [0.29, 0.717) is 0 Å². The van der Waals surface area contributed by atoms with Crippen molar-refractivity contribution in [2.24, 2.45) is 0 Å². The number of hydrogen-bond acceptors (Lipinski definition) is 2. The van der Waals surface area contributed by atoms with Crippen molar-refractivity contribution in [1.29, 1.82) is 0 Å². The van der Waals surface area contributed by atoms with E-state index in [-0.39, 0.29) is 12.0 Å². The summed E-state index contributed by atoms with van der Waals surface area (Å²) in [6, 6.07) is 9.69. The molecule has 17 heavy (non-hydrogen) atoms. The van der Waals surface area contributed by atoms with E-state index >= 15 is 0 Å². The molecule has 3 heteroatoms. The lowest BCUT2D eigenvalue weighted by Gasteiger charge is -2.21. The van der Waals surface area contributed by atoms with Crippen molar-refractivity contribution >= 4 is 5.91 Å². The molecule has 1 aromatic carbocycles. The number of likely N-dealkylation sites (N-methyl/N-ethyl adjacent to an activating group) is 1. The SMILES string of the molecule is CNC(=O)C(OC1CCCC1)c1ccccc1. The van der Waals surface area contributed by atoms with E-state index in [0.717, 1.165) is 18.4 Å². The number of amides is 1. The molecular formula is C14H19NO2. The summed E-state index contributed by atoms with van der Waals surface area (Å²) in [6.45, 7) is 0. The molecule has 0 aromatic heterocycles. The molecule has 92 valence electrons. The zero-order chi connectivity index (χ0) is 12.1. The normalized spacial score (nSPS) is 17.9. The average molecular weight is 233 g/mol. The van der Waals surface area contributed by atoms with Gasteiger partial charge in [-0.15, -0.1) is 0 Å². The lowest BCUT2D eigenvalue weighted by atomic mass is 10.1. The smallest absolute Gasteiger partial charge is 0.253 e. The average Bonchev–Trinajstić information content (AvgIpc) is 2.89. The first kappa shape index (κ1) is 12.1. The van der Waals surface area contributed by atoms with Crippen LogP contribution >= 0.6 is 0 Å². The Bertz CT molecular complexity index is 358. The van der Waals surface area contributed by atoms with Crippen molar-refractivity contribution in [2.75, 3.05) is 7.05 Å². The summed E-state index contributed by atoms with van der Waals surface area (Å²) in [5, 5.41) is 2.67. The van der Waals surface area contributed by atoms with Gasteiger partial charge in [0.25, 0.3) is 5.91 Å². The first-order valence-electron chi connectivity index (χ1n) is 6.23. The van der Waals surface area contributed by atoms with Crippen molar-refractivity contribution in [3.63, 3.8) is 0 Å². The topological polar surface area (TPSA) is 38.3 Å².